The Morgan fingerprint density at radius 3 is 2.86 bits per heavy atom. The van der Waals surface area contributed by atoms with Crippen LogP contribution in [0.1, 0.15) is 16.3 Å². The summed E-state index contributed by atoms with van der Waals surface area (Å²) in [5.74, 6) is -1.42. The predicted molar refractivity (Wildman–Crippen MR) is 79.3 cm³/mol. The summed E-state index contributed by atoms with van der Waals surface area (Å²) in [6.45, 7) is 1.82. The van der Waals surface area contributed by atoms with Crippen molar-refractivity contribution in [3.05, 3.63) is 44.9 Å². The maximum absolute atomic E-state index is 12.0. The van der Waals surface area contributed by atoms with E-state index in [0.717, 1.165) is 5.56 Å². The molecule has 0 radical (unpaired) electrons. The van der Waals surface area contributed by atoms with Gasteiger partial charge < -0.3 is 15.2 Å². The summed E-state index contributed by atoms with van der Waals surface area (Å²) >= 11 is 7.23. The van der Waals surface area contributed by atoms with Gasteiger partial charge in [-0.3, -0.25) is 4.79 Å². The third kappa shape index (κ3) is 4.27. The molecule has 1 N–H and O–H groups in total. The van der Waals surface area contributed by atoms with Crippen LogP contribution < -0.4 is 10.4 Å². The number of carboxylic acid groups (broad SMARTS) is 1. The SMILES string of the molecule is Cc1c(Cl)cccc1NC(=O)Cc1nc(CC(=O)[O-])cs1. The van der Waals surface area contributed by atoms with Crippen LogP contribution in [0.25, 0.3) is 0 Å². The van der Waals surface area contributed by atoms with Crippen LogP contribution in [0.3, 0.4) is 0 Å². The van der Waals surface area contributed by atoms with Crippen molar-refractivity contribution >= 4 is 40.5 Å². The highest BCUT2D eigenvalue weighted by Crippen LogP contribution is 2.23. The summed E-state index contributed by atoms with van der Waals surface area (Å²) in [5.41, 5.74) is 1.85. The van der Waals surface area contributed by atoms with Crippen LogP contribution >= 0.6 is 22.9 Å². The zero-order chi connectivity index (χ0) is 15.4. The van der Waals surface area contributed by atoms with E-state index in [1.165, 1.54) is 11.3 Å². The Bertz CT molecular complexity index is 685. The fraction of sp³-hybridized carbons (Fsp3) is 0.214. The monoisotopic (exact) mass is 323 g/mol. The average molecular weight is 324 g/mol. The van der Waals surface area contributed by atoms with E-state index < -0.39 is 5.97 Å². The molecule has 1 aromatic carbocycles. The normalized spacial score (nSPS) is 10.4. The number of benzene rings is 1. The van der Waals surface area contributed by atoms with E-state index >= 15 is 0 Å². The van der Waals surface area contributed by atoms with Crippen LogP contribution in [0.5, 0.6) is 0 Å². The Morgan fingerprint density at radius 1 is 1.38 bits per heavy atom. The van der Waals surface area contributed by atoms with E-state index in [1.54, 1.807) is 23.6 Å². The second-order valence-corrected chi connectivity index (χ2v) is 5.77. The van der Waals surface area contributed by atoms with Crippen molar-refractivity contribution in [2.45, 2.75) is 19.8 Å². The number of nitrogens with zero attached hydrogens (tertiary/aromatic N) is 1. The largest absolute Gasteiger partial charge is 0.550 e. The van der Waals surface area contributed by atoms with Gasteiger partial charge in [0.25, 0.3) is 0 Å². The van der Waals surface area contributed by atoms with Crippen molar-refractivity contribution < 1.29 is 14.7 Å². The highest BCUT2D eigenvalue weighted by molar-refractivity contribution is 7.09. The third-order valence-corrected chi connectivity index (χ3v) is 4.09. The lowest BCUT2D eigenvalue weighted by Gasteiger charge is -2.08. The molecule has 1 amide bonds. The molecular weight excluding hydrogens is 312 g/mol. The number of hydrogen-bond donors (Lipinski definition) is 1. The average Bonchev–Trinajstić information content (AvgIpc) is 2.81. The van der Waals surface area contributed by atoms with E-state index in [4.69, 9.17) is 11.6 Å². The number of carboxylic acids is 1. The second kappa shape index (κ2) is 6.69. The molecule has 0 aliphatic heterocycles. The molecule has 2 rings (SSSR count). The van der Waals surface area contributed by atoms with E-state index in [0.29, 0.717) is 21.4 Å². The fourth-order valence-corrected chi connectivity index (χ4v) is 2.70. The number of carbonyl (C=O) groups is 2. The van der Waals surface area contributed by atoms with E-state index in [2.05, 4.69) is 10.3 Å². The number of amides is 1. The Balaban J connectivity index is 2.00. The molecule has 5 nitrogen and oxygen atoms in total. The summed E-state index contributed by atoms with van der Waals surface area (Å²) in [6, 6.07) is 5.27. The van der Waals surface area contributed by atoms with Crippen molar-refractivity contribution in [2.24, 2.45) is 0 Å². The number of nitrogens with one attached hydrogen (secondary N) is 1. The topological polar surface area (TPSA) is 82.1 Å². The lowest BCUT2D eigenvalue weighted by Crippen LogP contribution is -2.24. The Hall–Kier alpha value is -1.92. The van der Waals surface area contributed by atoms with E-state index in [-0.39, 0.29) is 18.7 Å². The van der Waals surface area contributed by atoms with Crippen molar-refractivity contribution in [3.63, 3.8) is 0 Å². The van der Waals surface area contributed by atoms with Crippen molar-refractivity contribution in [1.82, 2.24) is 4.98 Å². The molecular formula is C14H12ClN2O3S-. The number of rotatable bonds is 5. The van der Waals surface area contributed by atoms with Gasteiger partial charge in [0.15, 0.2) is 0 Å². The van der Waals surface area contributed by atoms with Gasteiger partial charge in [0.1, 0.15) is 5.01 Å². The summed E-state index contributed by atoms with van der Waals surface area (Å²) in [4.78, 5) is 26.5. The standard InChI is InChI=1S/C14H13ClN2O3S/c1-8-10(15)3-2-4-11(8)17-12(18)6-13-16-9(7-21-13)5-14(19)20/h2-4,7H,5-6H2,1H3,(H,17,18)(H,19,20)/p-1. The minimum Gasteiger partial charge on any atom is -0.550 e. The number of carbonyl (C=O) groups excluding carboxylic acids is 2. The minimum absolute atomic E-state index is 0.0870. The van der Waals surface area contributed by atoms with E-state index in [1.807, 2.05) is 6.92 Å². The Kier molecular flexibility index (Phi) is 4.93. The molecule has 21 heavy (non-hydrogen) atoms. The molecule has 1 aromatic heterocycles. The van der Waals surface area contributed by atoms with Crippen LogP contribution in [0, 0.1) is 6.92 Å². The van der Waals surface area contributed by atoms with Gasteiger partial charge in [-0.25, -0.2) is 4.98 Å². The van der Waals surface area contributed by atoms with Gasteiger partial charge in [-0.15, -0.1) is 11.3 Å². The second-order valence-electron chi connectivity index (χ2n) is 4.42. The number of anilines is 1. The van der Waals surface area contributed by atoms with Gasteiger partial charge in [-0.05, 0) is 24.6 Å². The van der Waals surface area contributed by atoms with Crippen LogP contribution in [0.4, 0.5) is 5.69 Å². The van der Waals surface area contributed by atoms with Gasteiger partial charge >= 0.3 is 0 Å². The van der Waals surface area contributed by atoms with Crippen LogP contribution in [0.2, 0.25) is 5.02 Å². The first-order valence-corrected chi connectivity index (χ1v) is 7.39. The maximum atomic E-state index is 12.0. The third-order valence-electron chi connectivity index (χ3n) is 2.78. The molecule has 0 spiro atoms. The van der Waals surface area contributed by atoms with Gasteiger partial charge in [0.2, 0.25) is 5.91 Å². The zero-order valence-corrected chi connectivity index (χ0v) is 12.8. The molecule has 0 unspecified atom stereocenters. The van der Waals surface area contributed by atoms with Gasteiger partial charge in [0.05, 0.1) is 12.1 Å². The van der Waals surface area contributed by atoms with Gasteiger partial charge in [0, 0.05) is 28.5 Å². The first kappa shape index (κ1) is 15.5. The molecule has 0 bridgehead atoms. The van der Waals surface area contributed by atoms with Crippen molar-refractivity contribution in [3.8, 4) is 0 Å². The summed E-state index contributed by atoms with van der Waals surface area (Å²) in [5, 5.41) is 16.0. The number of aromatic nitrogens is 1. The van der Waals surface area contributed by atoms with Crippen LogP contribution in [-0.4, -0.2) is 16.9 Å². The van der Waals surface area contributed by atoms with Gasteiger partial charge in [-0.2, -0.15) is 0 Å². The molecule has 0 atom stereocenters. The molecule has 110 valence electrons. The molecule has 2 aromatic rings. The molecule has 1 heterocycles. The number of aliphatic carboxylic acids is 1. The lowest BCUT2D eigenvalue weighted by atomic mass is 10.2. The summed E-state index contributed by atoms with van der Waals surface area (Å²) in [7, 11) is 0. The molecule has 0 saturated carbocycles. The summed E-state index contributed by atoms with van der Waals surface area (Å²) in [6.07, 6.45) is -0.158. The molecule has 0 fully saturated rings. The predicted octanol–water partition coefficient (Wildman–Crippen LogP) is 1.58. The van der Waals surface area contributed by atoms with Gasteiger partial charge in [-0.1, -0.05) is 17.7 Å². The zero-order valence-electron chi connectivity index (χ0n) is 11.2. The van der Waals surface area contributed by atoms with Crippen LogP contribution in [-0.2, 0) is 22.4 Å². The highest BCUT2D eigenvalue weighted by atomic mass is 35.5. The smallest absolute Gasteiger partial charge is 0.231 e. The molecule has 0 aliphatic rings. The first-order chi connectivity index (χ1) is 9.95. The van der Waals surface area contributed by atoms with E-state index in [9.17, 15) is 14.7 Å². The molecule has 0 saturated heterocycles. The first-order valence-electron chi connectivity index (χ1n) is 6.14. The van der Waals surface area contributed by atoms with Crippen molar-refractivity contribution in [2.75, 3.05) is 5.32 Å². The number of halogens is 1. The quantitative estimate of drug-likeness (QED) is 0.905. The minimum atomic E-state index is -1.19. The molecule has 7 heteroatoms. The van der Waals surface area contributed by atoms with Crippen LogP contribution in [0.15, 0.2) is 23.6 Å². The number of thiazole rings is 1. The Morgan fingerprint density at radius 2 is 2.14 bits per heavy atom. The molecule has 0 aliphatic carbocycles. The highest BCUT2D eigenvalue weighted by Gasteiger charge is 2.10. The lowest BCUT2D eigenvalue weighted by molar-refractivity contribution is -0.304. The van der Waals surface area contributed by atoms with Crippen molar-refractivity contribution in [1.29, 1.82) is 0 Å². The fourth-order valence-electron chi connectivity index (χ4n) is 1.73. The Labute approximate surface area is 130 Å². The number of hydrogen-bond acceptors (Lipinski definition) is 5. The maximum Gasteiger partial charge on any atom is 0.231 e. The summed E-state index contributed by atoms with van der Waals surface area (Å²) < 4.78 is 0.